The predicted molar refractivity (Wildman–Crippen MR) is 96.8 cm³/mol. The Morgan fingerprint density at radius 1 is 1.20 bits per heavy atom. The van der Waals surface area contributed by atoms with E-state index in [0.29, 0.717) is 23.6 Å². The van der Waals surface area contributed by atoms with Gasteiger partial charge in [0.1, 0.15) is 5.39 Å². The summed E-state index contributed by atoms with van der Waals surface area (Å²) in [5.74, 6) is 0.327. The zero-order valence-electron chi connectivity index (χ0n) is 15.0. The van der Waals surface area contributed by atoms with Gasteiger partial charge < -0.3 is 5.32 Å². The van der Waals surface area contributed by atoms with Crippen LogP contribution in [0, 0.1) is 12.8 Å². The summed E-state index contributed by atoms with van der Waals surface area (Å²) in [7, 11) is 3.00. The molecular weight excluding hydrogens is 320 g/mol. The van der Waals surface area contributed by atoms with Gasteiger partial charge in [0.25, 0.3) is 5.56 Å². The first-order valence-electron chi connectivity index (χ1n) is 8.75. The number of pyridine rings is 1. The maximum atomic E-state index is 12.6. The molecule has 1 aliphatic carbocycles. The molecule has 2 aromatic rings. The zero-order valence-corrected chi connectivity index (χ0v) is 15.0. The molecule has 0 aromatic carbocycles. The molecule has 3 rings (SSSR count). The van der Waals surface area contributed by atoms with E-state index in [1.165, 1.54) is 30.9 Å². The Bertz CT molecular complexity index is 936. The van der Waals surface area contributed by atoms with Crippen LogP contribution in [-0.4, -0.2) is 20.0 Å². The largest absolute Gasteiger partial charge is 0.332 e. The first-order valence-corrected chi connectivity index (χ1v) is 8.75. The number of anilines is 1. The lowest BCUT2D eigenvalue weighted by molar-refractivity contribution is -0.117. The van der Waals surface area contributed by atoms with Crippen molar-refractivity contribution in [2.45, 2.75) is 45.4 Å². The van der Waals surface area contributed by atoms with Crippen LogP contribution in [0.25, 0.3) is 11.0 Å². The lowest BCUT2D eigenvalue weighted by atomic mass is 9.87. The maximum absolute atomic E-state index is 12.6. The molecule has 0 saturated heterocycles. The Balaban J connectivity index is 2.00. The first kappa shape index (κ1) is 17.4. The molecule has 1 aliphatic rings. The van der Waals surface area contributed by atoms with Crippen LogP contribution in [-0.2, 0) is 18.9 Å². The fraction of sp³-hybridized carbons (Fsp3) is 0.556. The highest BCUT2D eigenvalue weighted by molar-refractivity contribution is 6.00. The van der Waals surface area contributed by atoms with Gasteiger partial charge in [0.2, 0.25) is 5.91 Å². The standard InChI is InChI=1S/C18H24N4O3/c1-11-10-19-16-14(17(24)22(3)18(25)21(16)2)15(11)20-13(23)9-12-7-5-4-6-8-12/h10,12H,4-9H2,1-3H3,(H,19,20,23). The van der Waals surface area contributed by atoms with Crippen LogP contribution in [0.2, 0.25) is 0 Å². The Morgan fingerprint density at radius 2 is 1.88 bits per heavy atom. The van der Waals surface area contributed by atoms with Crippen molar-refractivity contribution in [3.63, 3.8) is 0 Å². The average Bonchev–Trinajstić information content (AvgIpc) is 2.60. The molecule has 2 heterocycles. The number of hydrogen-bond donors (Lipinski definition) is 1. The third kappa shape index (κ3) is 3.23. The summed E-state index contributed by atoms with van der Waals surface area (Å²) in [5.41, 5.74) is 0.574. The molecule has 0 spiro atoms. The number of amides is 1. The Hall–Kier alpha value is -2.44. The summed E-state index contributed by atoms with van der Waals surface area (Å²) in [6.07, 6.45) is 7.82. The van der Waals surface area contributed by atoms with Gasteiger partial charge in [-0.05, 0) is 31.2 Å². The van der Waals surface area contributed by atoms with Crippen molar-refractivity contribution in [2.24, 2.45) is 20.0 Å². The molecule has 1 amide bonds. The van der Waals surface area contributed by atoms with Gasteiger partial charge in [-0.3, -0.25) is 18.7 Å². The van der Waals surface area contributed by atoms with E-state index in [1.807, 2.05) is 0 Å². The Morgan fingerprint density at radius 3 is 2.56 bits per heavy atom. The number of nitrogens with zero attached hydrogens (tertiary/aromatic N) is 3. The molecule has 7 heteroatoms. The van der Waals surface area contributed by atoms with Gasteiger partial charge in [-0.2, -0.15) is 0 Å². The minimum Gasteiger partial charge on any atom is -0.325 e. The number of nitrogens with one attached hydrogen (secondary N) is 1. The molecule has 7 nitrogen and oxygen atoms in total. The van der Waals surface area contributed by atoms with E-state index in [2.05, 4.69) is 10.3 Å². The van der Waals surface area contributed by atoms with Gasteiger partial charge in [-0.25, -0.2) is 9.78 Å². The van der Waals surface area contributed by atoms with Gasteiger partial charge in [0.05, 0.1) is 5.69 Å². The highest BCUT2D eigenvalue weighted by Gasteiger charge is 2.20. The highest BCUT2D eigenvalue weighted by Crippen LogP contribution is 2.27. The van der Waals surface area contributed by atoms with Crippen molar-refractivity contribution in [2.75, 3.05) is 5.32 Å². The van der Waals surface area contributed by atoms with E-state index in [4.69, 9.17) is 0 Å². The van der Waals surface area contributed by atoms with Crippen molar-refractivity contribution < 1.29 is 4.79 Å². The van der Waals surface area contributed by atoms with Gasteiger partial charge in [-0.15, -0.1) is 0 Å². The summed E-state index contributed by atoms with van der Waals surface area (Å²) in [6, 6.07) is 0. The van der Waals surface area contributed by atoms with Crippen LogP contribution in [0.3, 0.4) is 0 Å². The minimum absolute atomic E-state index is 0.0848. The number of aryl methyl sites for hydroxylation is 2. The average molecular weight is 344 g/mol. The van der Waals surface area contributed by atoms with Crippen molar-refractivity contribution in [1.29, 1.82) is 0 Å². The van der Waals surface area contributed by atoms with Crippen LogP contribution in [0.4, 0.5) is 5.69 Å². The van der Waals surface area contributed by atoms with Crippen LogP contribution in [0.1, 0.15) is 44.1 Å². The molecule has 2 aromatic heterocycles. The smallest absolute Gasteiger partial charge is 0.325 e. The van der Waals surface area contributed by atoms with Crippen LogP contribution in [0.15, 0.2) is 15.8 Å². The fourth-order valence-electron chi connectivity index (χ4n) is 3.63. The summed E-state index contributed by atoms with van der Waals surface area (Å²) in [5, 5.41) is 3.19. The van der Waals surface area contributed by atoms with Gasteiger partial charge >= 0.3 is 5.69 Å². The van der Waals surface area contributed by atoms with E-state index in [-0.39, 0.29) is 16.9 Å². The third-order valence-electron chi connectivity index (χ3n) is 5.12. The van der Waals surface area contributed by atoms with E-state index < -0.39 is 11.2 Å². The van der Waals surface area contributed by atoms with Crippen LogP contribution in [0.5, 0.6) is 0 Å². The SMILES string of the molecule is Cc1cnc2c(c1NC(=O)CC1CCCCC1)c(=O)n(C)c(=O)n2C. The molecule has 0 aliphatic heterocycles. The normalized spacial score (nSPS) is 15.5. The molecule has 0 radical (unpaired) electrons. The number of aromatic nitrogens is 3. The number of rotatable bonds is 3. The molecule has 25 heavy (non-hydrogen) atoms. The molecular formula is C18H24N4O3. The molecule has 0 atom stereocenters. The monoisotopic (exact) mass is 344 g/mol. The van der Waals surface area contributed by atoms with Crippen molar-refractivity contribution in [3.8, 4) is 0 Å². The number of fused-ring (bicyclic) bond motifs is 1. The van der Waals surface area contributed by atoms with Crippen molar-refractivity contribution in [1.82, 2.24) is 14.1 Å². The van der Waals surface area contributed by atoms with Gasteiger partial charge in [0, 0.05) is 26.7 Å². The van der Waals surface area contributed by atoms with Gasteiger partial charge in [-0.1, -0.05) is 19.3 Å². The van der Waals surface area contributed by atoms with Crippen LogP contribution >= 0.6 is 0 Å². The summed E-state index contributed by atoms with van der Waals surface area (Å²) in [6.45, 7) is 1.80. The Kier molecular flexibility index (Phi) is 4.74. The zero-order chi connectivity index (χ0) is 18.1. The maximum Gasteiger partial charge on any atom is 0.332 e. The fourth-order valence-corrected chi connectivity index (χ4v) is 3.63. The number of carbonyl (C=O) groups is 1. The predicted octanol–water partition coefficient (Wildman–Crippen LogP) is 1.85. The second kappa shape index (κ2) is 6.82. The second-order valence-corrected chi connectivity index (χ2v) is 6.98. The van der Waals surface area contributed by atoms with E-state index >= 15 is 0 Å². The lowest BCUT2D eigenvalue weighted by Crippen LogP contribution is -2.38. The van der Waals surface area contributed by atoms with E-state index in [1.54, 1.807) is 20.2 Å². The first-order chi connectivity index (χ1) is 11.9. The molecule has 0 unspecified atom stereocenters. The molecule has 0 bridgehead atoms. The van der Waals surface area contributed by atoms with Crippen molar-refractivity contribution in [3.05, 3.63) is 32.6 Å². The highest BCUT2D eigenvalue weighted by atomic mass is 16.2. The molecule has 1 N–H and O–H groups in total. The van der Waals surface area contributed by atoms with Crippen molar-refractivity contribution >= 4 is 22.6 Å². The lowest BCUT2D eigenvalue weighted by Gasteiger charge is -2.21. The summed E-state index contributed by atoms with van der Waals surface area (Å²) >= 11 is 0. The van der Waals surface area contributed by atoms with E-state index in [0.717, 1.165) is 17.4 Å². The second-order valence-electron chi connectivity index (χ2n) is 6.98. The topological polar surface area (TPSA) is 86.0 Å². The molecule has 1 saturated carbocycles. The van der Waals surface area contributed by atoms with Crippen LogP contribution < -0.4 is 16.6 Å². The third-order valence-corrected chi connectivity index (χ3v) is 5.12. The quantitative estimate of drug-likeness (QED) is 0.921. The van der Waals surface area contributed by atoms with Gasteiger partial charge in [0.15, 0.2) is 5.65 Å². The molecule has 1 fully saturated rings. The summed E-state index contributed by atoms with van der Waals surface area (Å²) in [4.78, 5) is 41.4. The number of hydrogen-bond acceptors (Lipinski definition) is 4. The Labute approximate surface area is 145 Å². The minimum atomic E-state index is -0.442. The van der Waals surface area contributed by atoms with E-state index in [9.17, 15) is 14.4 Å². The number of carbonyl (C=O) groups excluding carboxylic acids is 1. The molecule has 134 valence electrons. The summed E-state index contributed by atoms with van der Waals surface area (Å²) < 4.78 is 2.37.